The van der Waals surface area contributed by atoms with Crippen molar-refractivity contribution in [3.05, 3.63) is 28.4 Å². The Bertz CT molecular complexity index is 544. The Labute approximate surface area is 110 Å². The van der Waals surface area contributed by atoms with E-state index in [1.807, 2.05) is 0 Å². The van der Waals surface area contributed by atoms with Gasteiger partial charge in [0, 0.05) is 38.4 Å². The van der Waals surface area contributed by atoms with E-state index in [1.165, 1.54) is 18.3 Å². The maximum absolute atomic E-state index is 11.3. The lowest BCUT2D eigenvalue weighted by molar-refractivity contribution is -0.384. The molecule has 0 atom stereocenters. The summed E-state index contributed by atoms with van der Waals surface area (Å²) in [7, 11) is 0. The molecule has 1 aliphatic rings. The zero-order valence-electron chi connectivity index (χ0n) is 10.2. The predicted octanol–water partition coefficient (Wildman–Crippen LogP) is 0.272. The van der Waals surface area contributed by atoms with Crippen molar-refractivity contribution < 1.29 is 9.72 Å². The quantitative estimate of drug-likeness (QED) is 0.433. The van der Waals surface area contributed by atoms with Crippen molar-refractivity contribution in [2.24, 2.45) is 0 Å². The summed E-state index contributed by atoms with van der Waals surface area (Å²) in [4.78, 5) is 29.2. The first kappa shape index (κ1) is 12.8. The minimum Gasteiger partial charge on any atom is -0.347 e. The molecule has 2 rings (SSSR count). The molecule has 0 spiro atoms. The van der Waals surface area contributed by atoms with Crippen molar-refractivity contribution in [3.63, 3.8) is 0 Å². The Morgan fingerprint density at radius 3 is 2.68 bits per heavy atom. The summed E-state index contributed by atoms with van der Waals surface area (Å²) in [5.74, 6) is 2.05. The molecular weight excluding hydrogens is 248 g/mol. The van der Waals surface area contributed by atoms with Gasteiger partial charge in [-0.2, -0.15) is 0 Å². The summed E-state index contributed by atoms with van der Waals surface area (Å²) in [5, 5.41) is 10.9. The van der Waals surface area contributed by atoms with Crippen LogP contribution >= 0.6 is 0 Å². The number of carbonyl (C=O) groups excluding carboxylic acids is 1. The number of terminal acetylenes is 1. The molecule has 0 bridgehead atoms. The number of amides is 1. The van der Waals surface area contributed by atoms with Crippen molar-refractivity contribution in [2.75, 3.05) is 31.1 Å². The molecule has 0 aliphatic carbocycles. The second-order valence-electron chi connectivity index (χ2n) is 4.03. The van der Waals surface area contributed by atoms with Crippen LogP contribution in [0.5, 0.6) is 0 Å². The van der Waals surface area contributed by atoms with Crippen LogP contribution in [0.25, 0.3) is 0 Å². The zero-order valence-corrected chi connectivity index (χ0v) is 10.2. The highest BCUT2D eigenvalue weighted by atomic mass is 16.6. The van der Waals surface area contributed by atoms with Crippen molar-refractivity contribution in [2.45, 2.75) is 0 Å². The average Bonchev–Trinajstić information content (AvgIpc) is 2.46. The summed E-state index contributed by atoms with van der Waals surface area (Å²) < 4.78 is 0. The van der Waals surface area contributed by atoms with Crippen LogP contribution in [0.15, 0.2) is 18.3 Å². The molecule has 0 saturated carbocycles. The van der Waals surface area contributed by atoms with E-state index in [1.54, 1.807) is 9.80 Å². The van der Waals surface area contributed by atoms with Crippen molar-refractivity contribution in [3.8, 4) is 12.3 Å². The Kier molecular flexibility index (Phi) is 3.61. The normalized spacial score (nSPS) is 14.9. The molecule has 1 amide bonds. The van der Waals surface area contributed by atoms with Crippen LogP contribution < -0.4 is 4.90 Å². The number of aromatic nitrogens is 1. The number of nitro groups is 1. The number of rotatable bonds is 2. The highest BCUT2D eigenvalue weighted by Gasteiger charge is 2.25. The zero-order chi connectivity index (χ0) is 13.8. The third kappa shape index (κ3) is 2.63. The van der Waals surface area contributed by atoms with Crippen LogP contribution in [-0.4, -0.2) is 46.9 Å². The highest BCUT2D eigenvalue weighted by molar-refractivity contribution is 5.93. The molecule has 2 heterocycles. The van der Waals surface area contributed by atoms with E-state index in [0.29, 0.717) is 32.0 Å². The summed E-state index contributed by atoms with van der Waals surface area (Å²) in [6.07, 6.45) is 6.57. The van der Waals surface area contributed by atoms with Gasteiger partial charge in [0.25, 0.3) is 5.91 Å². The van der Waals surface area contributed by atoms with Gasteiger partial charge in [0.2, 0.25) is 5.82 Å². The highest BCUT2D eigenvalue weighted by Crippen LogP contribution is 2.25. The molecule has 0 unspecified atom stereocenters. The van der Waals surface area contributed by atoms with E-state index in [-0.39, 0.29) is 11.6 Å². The summed E-state index contributed by atoms with van der Waals surface area (Å²) >= 11 is 0. The minimum atomic E-state index is -0.457. The first-order chi connectivity index (χ1) is 9.13. The van der Waals surface area contributed by atoms with Crippen LogP contribution in [0, 0.1) is 22.5 Å². The van der Waals surface area contributed by atoms with Gasteiger partial charge in [-0.3, -0.25) is 14.9 Å². The topological polar surface area (TPSA) is 79.6 Å². The molecule has 1 aliphatic heterocycles. The molecule has 7 heteroatoms. The standard InChI is InChI=1S/C12H12N4O3/c1-2-11(17)14-6-8-15(9-7-14)12-10(16(18)19)4-3-5-13-12/h1,3-5H,6-9H2. The smallest absolute Gasteiger partial charge is 0.311 e. The fourth-order valence-corrected chi connectivity index (χ4v) is 1.99. The molecule has 1 saturated heterocycles. The van der Waals surface area contributed by atoms with E-state index in [4.69, 9.17) is 6.42 Å². The lowest BCUT2D eigenvalue weighted by Gasteiger charge is -2.34. The third-order valence-corrected chi connectivity index (χ3v) is 2.95. The van der Waals surface area contributed by atoms with Gasteiger partial charge in [0.1, 0.15) is 0 Å². The van der Waals surface area contributed by atoms with Gasteiger partial charge in [-0.25, -0.2) is 4.98 Å². The summed E-state index contributed by atoms with van der Waals surface area (Å²) in [5.41, 5.74) is -0.0285. The fraction of sp³-hybridized carbons (Fsp3) is 0.333. The summed E-state index contributed by atoms with van der Waals surface area (Å²) in [6, 6.07) is 2.95. The monoisotopic (exact) mass is 260 g/mol. The number of pyridine rings is 1. The Balaban J connectivity index is 2.12. The molecule has 1 aromatic rings. The van der Waals surface area contributed by atoms with E-state index in [2.05, 4.69) is 10.9 Å². The molecule has 0 radical (unpaired) electrons. The predicted molar refractivity (Wildman–Crippen MR) is 68.5 cm³/mol. The molecule has 0 N–H and O–H groups in total. The fourth-order valence-electron chi connectivity index (χ4n) is 1.99. The van der Waals surface area contributed by atoms with Gasteiger partial charge in [-0.05, 0) is 12.0 Å². The lowest BCUT2D eigenvalue weighted by atomic mass is 10.3. The SMILES string of the molecule is C#CC(=O)N1CCN(c2ncccc2[N+](=O)[O-])CC1. The van der Waals surface area contributed by atoms with E-state index in [0.717, 1.165) is 0 Å². The Hall–Kier alpha value is -2.62. The van der Waals surface area contributed by atoms with E-state index in [9.17, 15) is 14.9 Å². The molecule has 1 fully saturated rings. The first-order valence-corrected chi connectivity index (χ1v) is 5.73. The van der Waals surface area contributed by atoms with Gasteiger partial charge in [-0.15, -0.1) is 6.42 Å². The molecule has 19 heavy (non-hydrogen) atoms. The molecule has 98 valence electrons. The average molecular weight is 260 g/mol. The van der Waals surface area contributed by atoms with Crippen LogP contribution in [0.3, 0.4) is 0 Å². The van der Waals surface area contributed by atoms with Gasteiger partial charge >= 0.3 is 5.69 Å². The Morgan fingerprint density at radius 1 is 1.42 bits per heavy atom. The maximum atomic E-state index is 11.3. The number of nitrogens with zero attached hydrogens (tertiary/aromatic N) is 4. The maximum Gasteiger partial charge on any atom is 0.311 e. The molecular formula is C12H12N4O3. The molecule has 0 aromatic carbocycles. The van der Waals surface area contributed by atoms with Crippen LogP contribution in [-0.2, 0) is 4.79 Å². The summed E-state index contributed by atoms with van der Waals surface area (Å²) in [6.45, 7) is 1.84. The van der Waals surface area contributed by atoms with E-state index >= 15 is 0 Å². The molecule has 1 aromatic heterocycles. The number of carbonyl (C=O) groups is 1. The lowest BCUT2D eigenvalue weighted by Crippen LogP contribution is -2.48. The Morgan fingerprint density at radius 2 is 2.11 bits per heavy atom. The largest absolute Gasteiger partial charge is 0.347 e. The van der Waals surface area contributed by atoms with Gasteiger partial charge in [0.05, 0.1) is 4.92 Å². The van der Waals surface area contributed by atoms with Gasteiger partial charge in [0.15, 0.2) is 0 Å². The minimum absolute atomic E-state index is 0.0285. The third-order valence-electron chi connectivity index (χ3n) is 2.95. The number of anilines is 1. The van der Waals surface area contributed by atoms with Crippen molar-refractivity contribution >= 4 is 17.4 Å². The molecule has 7 nitrogen and oxygen atoms in total. The number of piperazine rings is 1. The second kappa shape index (κ2) is 5.35. The number of hydrogen-bond donors (Lipinski definition) is 0. The van der Waals surface area contributed by atoms with E-state index < -0.39 is 4.92 Å². The van der Waals surface area contributed by atoms with Crippen LogP contribution in [0.4, 0.5) is 11.5 Å². The van der Waals surface area contributed by atoms with Crippen molar-refractivity contribution in [1.29, 1.82) is 0 Å². The van der Waals surface area contributed by atoms with Gasteiger partial charge in [-0.1, -0.05) is 0 Å². The number of hydrogen-bond acceptors (Lipinski definition) is 5. The van der Waals surface area contributed by atoms with Gasteiger partial charge < -0.3 is 9.80 Å². The van der Waals surface area contributed by atoms with Crippen LogP contribution in [0.2, 0.25) is 0 Å². The van der Waals surface area contributed by atoms with Crippen molar-refractivity contribution in [1.82, 2.24) is 9.88 Å². The van der Waals surface area contributed by atoms with Crippen LogP contribution in [0.1, 0.15) is 0 Å². The second-order valence-corrected chi connectivity index (χ2v) is 4.03. The first-order valence-electron chi connectivity index (χ1n) is 5.73.